The summed E-state index contributed by atoms with van der Waals surface area (Å²) in [6, 6.07) is 12.5. The molecule has 0 spiro atoms. The van der Waals surface area contributed by atoms with Gasteiger partial charge in [0.05, 0.1) is 0 Å². The fourth-order valence-corrected chi connectivity index (χ4v) is 2.74. The Balaban J connectivity index is 2.73. The minimum absolute atomic E-state index is 0.00784. The van der Waals surface area contributed by atoms with Crippen LogP contribution in [0.25, 0.3) is 11.1 Å². The van der Waals surface area contributed by atoms with E-state index in [9.17, 15) is 0 Å². The second kappa shape index (κ2) is 5.35. The molecule has 0 bridgehead atoms. The Labute approximate surface area is 134 Å². The highest BCUT2D eigenvalue weighted by molar-refractivity contribution is 5.73. The summed E-state index contributed by atoms with van der Waals surface area (Å²) in [5, 5.41) is 0. The largest absolute Gasteiger partial charge is 0.399 e. The molecule has 0 saturated heterocycles. The predicted molar refractivity (Wildman–Crippen MR) is 98.1 cm³/mol. The van der Waals surface area contributed by atoms with Crippen molar-refractivity contribution in [3.05, 3.63) is 47.5 Å². The van der Waals surface area contributed by atoms with Crippen LogP contribution in [0.3, 0.4) is 0 Å². The Morgan fingerprint density at radius 3 is 1.41 bits per heavy atom. The summed E-state index contributed by atoms with van der Waals surface area (Å²) in [6.07, 6.45) is 0. The molecule has 2 nitrogen and oxygen atoms in total. The fraction of sp³-hybridized carbons (Fsp3) is 0.400. The highest BCUT2D eigenvalue weighted by Crippen LogP contribution is 2.39. The lowest BCUT2D eigenvalue weighted by Crippen LogP contribution is -2.20. The normalized spacial score (nSPS) is 12.5. The van der Waals surface area contributed by atoms with Gasteiger partial charge in [0.1, 0.15) is 0 Å². The van der Waals surface area contributed by atoms with Crippen molar-refractivity contribution in [3.8, 4) is 11.1 Å². The Morgan fingerprint density at radius 2 is 1.05 bits per heavy atom. The van der Waals surface area contributed by atoms with Gasteiger partial charge in [-0.1, -0.05) is 53.7 Å². The highest BCUT2D eigenvalue weighted by atomic mass is 14.6. The van der Waals surface area contributed by atoms with E-state index in [-0.39, 0.29) is 10.8 Å². The third kappa shape index (κ3) is 3.27. The molecular formula is C20H28N2. The minimum Gasteiger partial charge on any atom is -0.399 e. The van der Waals surface area contributed by atoms with Crippen molar-refractivity contribution in [1.82, 2.24) is 0 Å². The third-order valence-corrected chi connectivity index (χ3v) is 4.04. The first kappa shape index (κ1) is 16.4. The van der Waals surface area contributed by atoms with Crippen molar-refractivity contribution in [2.45, 2.75) is 52.4 Å². The first-order chi connectivity index (χ1) is 10.00. The van der Waals surface area contributed by atoms with E-state index < -0.39 is 0 Å². The lowest BCUT2D eigenvalue weighted by Gasteiger charge is -2.29. The van der Waals surface area contributed by atoms with Crippen molar-refractivity contribution in [2.24, 2.45) is 0 Å². The SMILES string of the molecule is CC(C)(C)c1cc(-c2ccc(N)cc2)cc(C(C)(C)C)c1N. The van der Waals surface area contributed by atoms with Gasteiger partial charge in [-0.05, 0) is 57.3 Å². The fourth-order valence-electron chi connectivity index (χ4n) is 2.74. The topological polar surface area (TPSA) is 52.0 Å². The molecule has 0 radical (unpaired) electrons. The highest BCUT2D eigenvalue weighted by Gasteiger charge is 2.25. The molecule has 2 rings (SSSR count). The average molecular weight is 296 g/mol. The van der Waals surface area contributed by atoms with Crippen molar-refractivity contribution in [3.63, 3.8) is 0 Å². The van der Waals surface area contributed by atoms with Gasteiger partial charge in [0.25, 0.3) is 0 Å². The van der Waals surface area contributed by atoms with E-state index in [1.807, 2.05) is 12.1 Å². The lowest BCUT2D eigenvalue weighted by molar-refractivity contribution is 0.573. The zero-order valence-electron chi connectivity index (χ0n) is 14.6. The van der Waals surface area contributed by atoms with Crippen molar-refractivity contribution in [1.29, 1.82) is 0 Å². The molecule has 0 atom stereocenters. The van der Waals surface area contributed by atoms with E-state index in [4.69, 9.17) is 11.5 Å². The molecule has 0 amide bonds. The monoisotopic (exact) mass is 296 g/mol. The molecule has 2 aromatic carbocycles. The summed E-state index contributed by atoms with van der Waals surface area (Å²) >= 11 is 0. The Morgan fingerprint density at radius 1 is 0.636 bits per heavy atom. The van der Waals surface area contributed by atoms with E-state index >= 15 is 0 Å². The molecule has 0 aliphatic carbocycles. The predicted octanol–water partition coefficient (Wildman–Crippen LogP) is 5.11. The summed E-state index contributed by atoms with van der Waals surface area (Å²) in [5.74, 6) is 0. The van der Waals surface area contributed by atoms with Crippen LogP contribution in [-0.2, 0) is 10.8 Å². The molecule has 0 aliphatic rings. The van der Waals surface area contributed by atoms with E-state index in [0.29, 0.717) is 0 Å². The quantitative estimate of drug-likeness (QED) is 0.718. The molecule has 0 aromatic heterocycles. The maximum Gasteiger partial charge on any atom is 0.0390 e. The number of hydrogen-bond donors (Lipinski definition) is 2. The summed E-state index contributed by atoms with van der Waals surface area (Å²) in [4.78, 5) is 0. The van der Waals surface area contributed by atoms with E-state index in [0.717, 1.165) is 11.4 Å². The summed E-state index contributed by atoms with van der Waals surface area (Å²) in [5.41, 5.74) is 18.8. The Bertz CT molecular complexity index is 633. The van der Waals surface area contributed by atoms with Crippen molar-refractivity contribution in [2.75, 3.05) is 11.5 Å². The zero-order valence-corrected chi connectivity index (χ0v) is 14.6. The first-order valence-corrected chi connectivity index (χ1v) is 7.80. The number of nitrogen functional groups attached to an aromatic ring is 2. The lowest BCUT2D eigenvalue weighted by atomic mass is 9.77. The maximum atomic E-state index is 6.51. The standard InChI is InChI=1S/C20H28N2/c1-19(2,3)16-11-14(13-7-9-15(21)10-8-13)12-17(18(16)22)20(4,5)6/h7-12H,21-22H2,1-6H3. The summed E-state index contributed by atoms with van der Waals surface area (Å²) in [6.45, 7) is 13.2. The second-order valence-corrected chi connectivity index (χ2v) is 8.11. The van der Waals surface area contributed by atoms with Gasteiger partial charge in [-0.15, -0.1) is 0 Å². The molecule has 118 valence electrons. The second-order valence-electron chi connectivity index (χ2n) is 8.11. The van der Waals surface area contributed by atoms with Crippen LogP contribution in [0.5, 0.6) is 0 Å². The van der Waals surface area contributed by atoms with Gasteiger partial charge >= 0.3 is 0 Å². The van der Waals surface area contributed by atoms with Crippen LogP contribution in [0.15, 0.2) is 36.4 Å². The molecule has 2 aromatic rings. The van der Waals surface area contributed by atoms with Gasteiger partial charge < -0.3 is 11.5 Å². The van der Waals surface area contributed by atoms with Crippen LogP contribution in [-0.4, -0.2) is 0 Å². The molecule has 22 heavy (non-hydrogen) atoms. The smallest absolute Gasteiger partial charge is 0.0390 e. The van der Waals surface area contributed by atoms with Crippen LogP contribution in [0.4, 0.5) is 11.4 Å². The molecule has 0 heterocycles. The average Bonchev–Trinajstić information content (AvgIpc) is 2.37. The van der Waals surface area contributed by atoms with E-state index in [2.05, 4.69) is 65.8 Å². The number of benzene rings is 2. The van der Waals surface area contributed by atoms with Gasteiger partial charge in [-0.2, -0.15) is 0 Å². The number of hydrogen-bond acceptors (Lipinski definition) is 2. The molecule has 2 heteroatoms. The van der Waals surface area contributed by atoms with Crippen LogP contribution in [0.1, 0.15) is 52.7 Å². The van der Waals surface area contributed by atoms with Gasteiger partial charge in [0.2, 0.25) is 0 Å². The van der Waals surface area contributed by atoms with Gasteiger partial charge in [-0.25, -0.2) is 0 Å². The van der Waals surface area contributed by atoms with Crippen LogP contribution in [0.2, 0.25) is 0 Å². The number of rotatable bonds is 1. The number of anilines is 2. The van der Waals surface area contributed by atoms with Crippen molar-refractivity contribution >= 4 is 11.4 Å². The first-order valence-electron chi connectivity index (χ1n) is 7.80. The zero-order chi connectivity index (χ0) is 16.7. The van der Waals surface area contributed by atoms with Gasteiger partial charge in [0, 0.05) is 11.4 Å². The third-order valence-electron chi connectivity index (χ3n) is 4.04. The van der Waals surface area contributed by atoms with Crippen LogP contribution < -0.4 is 11.5 Å². The van der Waals surface area contributed by atoms with Crippen LogP contribution >= 0.6 is 0 Å². The van der Waals surface area contributed by atoms with E-state index in [1.54, 1.807) is 0 Å². The molecule has 0 saturated carbocycles. The molecule has 0 fully saturated rings. The van der Waals surface area contributed by atoms with E-state index in [1.165, 1.54) is 22.3 Å². The summed E-state index contributed by atoms with van der Waals surface area (Å²) in [7, 11) is 0. The molecule has 0 unspecified atom stereocenters. The number of nitrogens with two attached hydrogens (primary N) is 2. The Kier molecular flexibility index (Phi) is 3.99. The van der Waals surface area contributed by atoms with Crippen molar-refractivity contribution < 1.29 is 0 Å². The minimum atomic E-state index is 0.00784. The van der Waals surface area contributed by atoms with Gasteiger partial charge in [0.15, 0.2) is 0 Å². The van der Waals surface area contributed by atoms with Gasteiger partial charge in [-0.3, -0.25) is 0 Å². The summed E-state index contributed by atoms with van der Waals surface area (Å²) < 4.78 is 0. The van der Waals surface area contributed by atoms with Crippen LogP contribution in [0, 0.1) is 0 Å². The molecule has 4 N–H and O–H groups in total. The molecular weight excluding hydrogens is 268 g/mol. The maximum absolute atomic E-state index is 6.51. The molecule has 0 aliphatic heterocycles. The Hall–Kier alpha value is -1.96.